The summed E-state index contributed by atoms with van der Waals surface area (Å²) in [4.78, 5) is 20.8. The third-order valence-corrected chi connectivity index (χ3v) is 4.22. The summed E-state index contributed by atoms with van der Waals surface area (Å²) in [5.74, 6) is 0.470. The number of hydrogen-bond donors (Lipinski definition) is 3. The summed E-state index contributed by atoms with van der Waals surface area (Å²) < 4.78 is 22.7. The van der Waals surface area contributed by atoms with Crippen molar-refractivity contribution in [3.63, 3.8) is 0 Å². The lowest BCUT2D eigenvalue weighted by Gasteiger charge is -2.30. The number of aromatic amines is 1. The molecule has 3 rings (SSSR count). The topological polar surface area (TPSA) is 121 Å². The van der Waals surface area contributed by atoms with Crippen molar-refractivity contribution in [1.82, 2.24) is 15.3 Å². The van der Waals surface area contributed by atoms with Crippen molar-refractivity contribution in [3.8, 4) is 0 Å². The van der Waals surface area contributed by atoms with E-state index in [1.165, 1.54) is 12.1 Å². The van der Waals surface area contributed by atoms with Crippen LogP contribution in [0, 0.1) is 0 Å². The van der Waals surface area contributed by atoms with E-state index in [1.807, 2.05) is 11.8 Å². The third-order valence-electron chi connectivity index (χ3n) is 3.31. The fourth-order valence-corrected chi connectivity index (χ4v) is 2.94. The number of nitrogens with one attached hydrogen (secondary N) is 2. The van der Waals surface area contributed by atoms with E-state index in [4.69, 9.17) is 5.14 Å². The molecule has 112 valence electrons. The van der Waals surface area contributed by atoms with E-state index >= 15 is 0 Å². The zero-order valence-electron chi connectivity index (χ0n) is 11.3. The van der Waals surface area contributed by atoms with Gasteiger partial charge in [-0.1, -0.05) is 0 Å². The van der Waals surface area contributed by atoms with Crippen LogP contribution in [0.15, 0.2) is 23.1 Å². The van der Waals surface area contributed by atoms with E-state index in [1.54, 1.807) is 6.07 Å². The first-order valence-corrected chi connectivity index (χ1v) is 7.94. The van der Waals surface area contributed by atoms with Crippen LogP contribution in [0.3, 0.4) is 0 Å². The maximum Gasteiger partial charge on any atom is 0.239 e. The van der Waals surface area contributed by atoms with Gasteiger partial charge in [0.05, 0.1) is 22.5 Å². The molecular formula is C12H15N5O3S. The van der Waals surface area contributed by atoms with Crippen LogP contribution in [0.25, 0.3) is 11.0 Å². The van der Waals surface area contributed by atoms with Crippen molar-refractivity contribution < 1.29 is 13.2 Å². The van der Waals surface area contributed by atoms with Gasteiger partial charge in [-0.15, -0.1) is 0 Å². The molecule has 2 aromatic rings. The average Bonchev–Trinajstić information content (AvgIpc) is 2.79. The summed E-state index contributed by atoms with van der Waals surface area (Å²) in [6, 6.07) is 4.46. The van der Waals surface area contributed by atoms with E-state index in [-0.39, 0.29) is 23.4 Å². The summed E-state index contributed by atoms with van der Waals surface area (Å²) in [7, 11) is -3.75. The largest absolute Gasteiger partial charge is 0.350 e. The highest BCUT2D eigenvalue weighted by Crippen LogP contribution is 2.21. The standard InChI is InChI=1S/C12H15N5O3S/c1-7-5-17(6-11(18)14-7)12-15-9-3-2-8(21(13,19)20)4-10(9)16-12/h2-4,7H,5-6H2,1H3,(H,14,18)(H,15,16)(H2,13,19,20)/t7-/m0/s1. The van der Waals surface area contributed by atoms with E-state index in [0.29, 0.717) is 23.5 Å². The number of piperazine rings is 1. The Morgan fingerprint density at radius 1 is 1.43 bits per heavy atom. The van der Waals surface area contributed by atoms with Crippen LogP contribution in [-0.4, -0.2) is 43.4 Å². The molecule has 0 bridgehead atoms. The molecule has 0 saturated carbocycles. The molecule has 0 radical (unpaired) electrons. The number of amides is 1. The molecule has 1 aromatic heterocycles. The van der Waals surface area contributed by atoms with Gasteiger partial charge < -0.3 is 15.2 Å². The number of benzene rings is 1. The van der Waals surface area contributed by atoms with Gasteiger partial charge in [0.25, 0.3) is 0 Å². The number of nitrogens with two attached hydrogens (primary N) is 1. The molecule has 21 heavy (non-hydrogen) atoms. The lowest BCUT2D eigenvalue weighted by molar-refractivity contribution is -0.121. The van der Waals surface area contributed by atoms with Crippen LogP contribution in [0.1, 0.15) is 6.92 Å². The molecular weight excluding hydrogens is 294 g/mol. The summed E-state index contributed by atoms with van der Waals surface area (Å²) in [5.41, 5.74) is 1.19. The Morgan fingerprint density at radius 3 is 2.86 bits per heavy atom. The quantitative estimate of drug-likeness (QED) is 0.693. The van der Waals surface area contributed by atoms with Crippen molar-refractivity contribution in [2.75, 3.05) is 18.0 Å². The molecule has 1 fully saturated rings. The van der Waals surface area contributed by atoms with Crippen LogP contribution in [0.2, 0.25) is 0 Å². The molecule has 1 aliphatic rings. The van der Waals surface area contributed by atoms with E-state index in [9.17, 15) is 13.2 Å². The van der Waals surface area contributed by atoms with E-state index in [2.05, 4.69) is 15.3 Å². The Hall–Kier alpha value is -2.13. The number of carbonyl (C=O) groups is 1. The molecule has 1 atom stereocenters. The van der Waals surface area contributed by atoms with Crippen molar-refractivity contribution >= 4 is 32.9 Å². The smallest absolute Gasteiger partial charge is 0.239 e. The minimum Gasteiger partial charge on any atom is -0.350 e. The van der Waals surface area contributed by atoms with Gasteiger partial charge in [0.15, 0.2) is 0 Å². The first-order valence-electron chi connectivity index (χ1n) is 6.40. The molecule has 0 spiro atoms. The number of aromatic nitrogens is 2. The van der Waals surface area contributed by atoms with Gasteiger partial charge in [0.2, 0.25) is 21.9 Å². The predicted octanol–water partition coefficient (Wildman–Crippen LogP) is -0.465. The monoisotopic (exact) mass is 309 g/mol. The minimum atomic E-state index is -3.75. The fourth-order valence-electron chi connectivity index (χ4n) is 2.40. The number of imidazole rings is 1. The lowest BCUT2D eigenvalue weighted by atomic mass is 10.2. The first-order chi connectivity index (χ1) is 9.83. The van der Waals surface area contributed by atoms with Crippen molar-refractivity contribution in [3.05, 3.63) is 18.2 Å². The maximum atomic E-state index is 11.6. The maximum absolute atomic E-state index is 11.6. The second-order valence-electron chi connectivity index (χ2n) is 5.13. The number of hydrogen-bond acceptors (Lipinski definition) is 5. The molecule has 2 heterocycles. The van der Waals surface area contributed by atoms with Gasteiger partial charge in [-0.3, -0.25) is 4.79 Å². The van der Waals surface area contributed by atoms with Crippen LogP contribution in [0.4, 0.5) is 5.95 Å². The van der Waals surface area contributed by atoms with E-state index < -0.39 is 10.0 Å². The number of anilines is 1. The second kappa shape index (κ2) is 4.71. The number of fused-ring (bicyclic) bond motifs is 1. The predicted molar refractivity (Wildman–Crippen MR) is 77.3 cm³/mol. The van der Waals surface area contributed by atoms with Gasteiger partial charge in [0, 0.05) is 12.6 Å². The van der Waals surface area contributed by atoms with Crippen molar-refractivity contribution in [2.45, 2.75) is 17.9 Å². The first kappa shape index (κ1) is 13.8. The zero-order valence-corrected chi connectivity index (χ0v) is 12.1. The molecule has 1 saturated heterocycles. The second-order valence-corrected chi connectivity index (χ2v) is 6.69. The average molecular weight is 309 g/mol. The van der Waals surface area contributed by atoms with Gasteiger partial charge in [0.1, 0.15) is 0 Å². The third kappa shape index (κ3) is 2.69. The highest BCUT2D eigenvalue weighted by molar-refractivity contribution is 7.89. The molecule has 1 aromatic carbocycles. The highest BCUT2D eigenvalue weighted by atomic mass is 32.2. The Bertz CT molecular complexity index is 813. The Kier molecular flexibility index (Phi) is 3.10. The van der Waals surface area contributed by atoms with Gasteiger partial charge in [-0.2, -0.15) is 0 Å². The summed E-state index contributed by atoms with van der Waals surface area (Å²) in [6.07, 6.45) is 0. The van der Waals surface area contributed by atoms with Crippen LogP contribution in [-0.2, 0) is 14.8 Å². The molecule has 4 N–H and O–H groups in total. The summed E-state index contributed by atoms with van der Waals surface area (Å²) in [6.45, 7) is 2.76. The van der Waals surface area contributed by atoms with Crippen LogP contribution in [0.5, 0.6) is 0 Å². The van der Waals surface area contributed by atoms with Gasteiger partial charge >= 0.3 is 0 Å². The van der Waals surface area contributed by atoms with E-state index in [0.717, 1.165) is 0 Å². The number of primary sulfonamides is 1. The van der Waals surface area contributed by atoms with Crippen molar-refractivity contribution in [2.24, 2.45) is 5.14 Å². The van der Waals surface area contributed by atoms with Crippen molar-refractivity contribution in [1.29, 1.82) is 0 Å². The normalized spacial score (nSPS) is 19.8. The fraction of sp³-hybridized carbons (Fsp3) is 0.333. The Morgan fingerprint density at radius 2 is 2.19 bits per heavy atom. The molecule has 0 unspecified atom stereocenters. The lowest BCUT2D eigenvalue weighted by Crippen LogP contribution is -2.53. The van der Waals surface area contributed by atoms with Crippen LogP contribution < -0.4 is 15.4 Å². The SMILES string of the molecule is C[C@H]1CN(c2nc3ccc(S(N)(=O)=O)cc3[nH]2)CC(=O)N1. The number of H-pyrrole nitrogens is 1. The number of sulfonamides is 1. The zero-order chi connectivity index (χ0) is 15.2. The molecule has 1 amide bonds. The van der Waals surface area contributed by atoms with Crippen LogP contribution >= 0.6 is 0 Å². The molecule has 9 heteroatoms. The number of rotatable bonds is 2. The molecule has 1 aliphatic heterocycles. The summed E-state index contributed by atoms with van der Waals surface area (Å²) >= 11 is 0. The van der Waals surface area contributed by atoms with Gasteiger partial charge in [-0.25, -0.2) is 18.5 Å². The summed E-state index contributed by atoms with van der Waals surface area (Å²) in [5, 5.41) is 7.93. The number of carbonyl (C=O) groups excluding carboxylic acids is 1. The molecule has 8 nitrogen and oxygen atoms in total. The number of nitrogens with zero attached hydrogens (tertiary/aromatic N) is 2. The Balaban J connectivity index is 1.99. The Labute approximate surface area is 121 Å². The highest BCUT2D eigenvalue weighted by Gasteiger charge is 2.24. The molecule has 0 aliphatic carbocycles. The minimum absolute atomic E-state index is 0.0231. The van der Waals surface area contributed by atoms with Gasteiger partial charge in [-0.05, 0) is 25.1 Å².